The number of hydrogen-bond donors (Lipinski definition) is 0. The maximum atomic E-state index is 3.00. The number of hydrogen-bond acceptors (Lipinski definition) is 0. The van der Waals surface area contributed by atoms with Gasteiger partial charge in [-0.25, -0.2) is 0 Å². The molecule has 0 aromatic rings. The highest BCUT2D eigenvalue weighted by molar-refractivity contribution is 4.22. The van der Waals surface area contributed by atoms with Crippen molar-refractivity contribution in [3.63, 3.8) is 0 Å². The molecular weight excluding hydrogens is 144 g/mol. The van der Waals surface area contributed by atoms with E-state index in [1.807, 2.05) is 27.7 Å². The average molecular weight is 174 g/mol. The van der Waals surface area contributed by atoms with Crippen molar-refractivity contribution in [3.8, 4) is 0 Å². The van der Waals surface area contributed by atoms with Crippen LogP contribution in [-0.4, -0.2) is 0 Å². The Bertz CT molecular complexity index is 12.0. The molecule has 0 saturated carbocycles. The molecule has 0 bridgehead atoms. The van der Waals surface area contributed by atoms with Gasteiger partial charge in [-0.2, -0.15) is 0 Å². The smallest absolute Gasteiger partial charge is 0.0564 e. The van der Waals surface area contributed by atoms with Gasteiger partial charge in [-0.1, -0.05) is 54.4 Å². The zero-order valence-electron chi connectivity index (χ0n) is 10.2. The molecule has 0 heterocycles. The zero-order valence-corrected chi connectivity index (χ0v) is 10.2. The first-order valence-corrected chi connectivity index (χ1v) is 4.91. The van der Waals surface area contributed by atoms with E-state index in [0.29, 0.717) is 0 Å². The molecule has 0 saturated heterocycles. The first-order chi connectivity index (χ1) is 5.91. The van der Waals surface area contributed by atoms with Crippen LogP contribution in [0, 0.1) is 0 Å². The Morgan fingerprint density at radius 1 is 0.583 bits per heavy atom. The summed E-state index contributed by atoms with van der Waals surface area (Å²) in [6.07, 6.45) is 2.64. The standard InChI is InChI=1S/C4H10.2C2H6.2C2H4/c1-3-4-2;4*1-2/h3-4H2,1-2H3;2*1-2H3;2*1-2H2. The van der Waals surface area contributed by atoms with E-state index in [9.17, 15) is 0 Å². The maximum absolute atomic E-state index is 3.00. The lowest BCUT2D eigenvalue weighted by Crippen LogP contribution is -1.47. The normalized spacial score (nSPS) is 4.17. The fourth-order valence-corrected chi connectivity index (χ4v) is 0. The summed E-state index contributed by atoms with van der Waals surface area (Å²) in [5.41, 5.74) is 0. The highest BCUT2D eigenvalue weighted by atomic mass is 13.6. The van der Waals surface area contributed by atoms with Crippen LogP contribution < -0.4 is 0 Å². The van der Waals surface area contributed by atoms with Gasteiger partial charge in [0.1, 0.15) is 0 Å². The average Bonchev–Trinajstić information content (AvgIpc) is 2.29. The zero-order chi connectivity index (χ0) is 11.4. The minimum absolute atomic E-state index is 1.32. The summed E-state index contributed by atoms with van der Waals surface area (Å²) in [5.74, 6) is 0. The molecule has 0 aliphatic carbocycles. The minimum atomic E-state index is 1.32. The molecule has 0 N–H and O–H groups in total. The van der Waals surface area contributed by atoms with Gasteiger partial charge in [-0.05, 0) is 0 Å². The lowest BCUT2D eigenvalue weighted by Gasteiger charge is -1.68. The lowest BCUT2D eigenvalue weighted by molar-refractivity contribution is 0.886. The van der Waals surface area contributed by atoms with E-state index in [-0.39, 0.29) is 0 Å². The molecule has 78 valence electrons. The van der Waals surface area contributed by atoms with Gasteiger partial charge >= 0.3 is 0 Å². The van der Waals surface area contributed by atoms with Crippen LogP contribution in [0.2, 0.25) is 0 Å². The molecule has 0 heteroatoms. The molecule has 0 nitrogen and oxygen atoms in total. The highest BCUT2D eigenvalue weighted by Crippen LogP contribution is 1.76. The van der Waals surface area contributed by atoms with Crippen LogP contribution in [0.1, 0.15) is 54.4 Å². The summed E-state index contributed by atoms with van der Waals surface area (Å²) in [5, 5.41) is 0. The van der Waals surface area contributed by atoms with Crippen molar-refractivity contribution < 1.29 is 0 Å². The van der Waals surface area contributed by atoms with E-state index >= 15 is 0 Å². The fourth-order valence-electron chi connectivity index (χ4n) is 0. The van der Waals surface area contributed by atoms with Crippen LogP contribution >= 0.6 is 0 Å². The molecule has 0 radical (unpaired) electrons. The summed E-state index contributed by atoms with van der Waals surface area (Å²) < 4.78 is 0. The molecule has 0 aliphatic rings. The van der Waals surface area contributed by atoms with Gasteiger partial charge in [0.05, 0.1) is 0 Å². The molecule has 0 spiro atoms. The lowest BCUT2D eigenvalue weighted by atomic mass is 10.4. The molecule has 0 aromatic carbocycles. The van der Waals surface area contributed by atoms with Crippen LogP contribution in [0.4, 0.5) is 0 Å². The van der Waals surface area contributed by atoms with Crippen molar-refractivity contribution in [2.75, 3.05) is 0 Å². The predicted octanol–water partition coefficient (Wildman–Crippen LogP) is 5.46. The SMILES string of the molecule is C=C.C=C.CC.CC.CCCC. The van der Waals surface area contributed by atoms with Crippen molar-refractivity contribution in [2.45, 2.75) is 54.4 Å². The molecular formula is C12H30. The first kappa shape index (κ1) is 30.0. The van der Waals surface area contributed by atoms with Crippen molar-refractivity contribution in [1.29, 1.82) is 0 Å². The van der Waals surface area contributed by atoms with Crippen LogP contribution in [-0.2, 0) is 0 Å². The van der Waals surface area contributed by atoms with Crippen LogP contribution in [0.15, 0.2) is 26.3 Å². The Kier molecular flexibility index (Phi) is 1080. The summed E-state index contributed by atoms with van der Waals surface area (Å²) in [6, 6.07) is 0. The van der Waals surface area contributed by atoms with E-state index in [2.05, 4.69) is 40.2 Å². The molecule has 0 unspecified atom stereocenters. The van der Waals surface area contributed by atoms with E-state index in [1.165, 1.54) is 12.8 Å². The van der Waals surface area contributed by atoms with Crippen molar-refractivity contribution >= 4 is 0 Å². The number of unbranched alkanes of at least 4 members (excludes halogenated alkanes) is 1. The fraction of sp³-hybridized carbons (Fsp3) is 0.667. The van der Waals surface area contributed by atoms with Gasteiger partial charge in [-0.3, -0.25) is 0 Å². The largest absolute Gasteiger partial charge is 0.106 e. The second-order valence-corrected chi connectivity index (χ2v) is 1.000. The molecule has 12 heavy (non-hydrogen) atoms. The second-order valence-electron chi connectivity index (χ2n) is 1.000. The Balaban J connectivity index is -0.0000000181. The predicted molar refractivity (Wildman–Crippen MR) is 65.8 cm³/mol. The van der Waals surface area contributed by atoms with Gasteiger partial charge in [0.25, 0.3) is 0 Å². The Morgan fingerprint density at radius 2 is 0.667 bits per heavy atom. The molecule has 0 rings (SSSR count). The minimum Gasteiger partial charge on any atom is -0.106 e. The Hall–Kier alpha value is -0.520. The molecule has 0 aromatic heterocycles. The summed E-state index contributed by atoms with van der Waals surface area (Å²) >= 11 is 0. The van der Waals surface area contributed by atoms with Gasteiger partial charge in [0.15, 0.2) is 0 Å². The van der Waals surface area contributed by atoms with Gasteiger partial charge in [0, 0.05) is 0 Å². The first-order valence-electron chi connectivity index (χ1n) is 4.91. The van der Waals surface area contributed by atoms with Gasteiger partial charge < -0.3 is 0 Å². The maximum Gasteiger partial charge on any atom is -0.0564 e. The van der Waals surface area contributed by atoms with E-state index in [1.54, 1.807) is 0 Å². The topological polar surface area (TPSA) is 0 Å². The molecule has 0 amide bonds. The quantitative estimate of drug-likeness (QED) is 0.463. The third kappa shape index (κ3) is 2960. The summed E-state index contributed by atoms with van der Waals surface area (Å²) in [4.78, 5) is 0. The highest BCUT2D eigenvalue weighted by Gasteiger charge is 1.56. The van der Waals surface area contributed by atoms with Crippen molar-refractivity contribution in [3.05, 3.63) is 26.3 Å². The second kappa shape index (κ2) is 430. The number of rotatable bonds is 1. The van der Waals surface area contributed by atoms with Crippen LogP contribution in [0.5, 0.6) is 0 Å². The molecule has 0 fully saturated rings. The molecule has 0 aliphatic heterocycles. The summed E-state index contributed by atoms with van der Waals surface area (Å²) in [7, 11) is 0. The van der Waals surface area contributed by atoms with Crippen molar-refractivity contribution in [1.82, 2.24) is 0 Å². The van der Waals surface area contributed by atoms with Gasteiger partial charge in [0.2, 0.25) is 0 Å². The summed E-state index contributed by atoms with van der Waals surface area (Å²) in [6.45, 7) is 24.4. The monoisotopic (exact) mass is 174 g/mol. The van der Waals surface area contributed by atoms with Gasteiger partial charge in [-0.15, -0.1) is 26.3 Å². The van der Waals surface area contributed by atoms with E-state index < -0.39 is 0 Å². The third-order valence-electron chi connectivity index (χ3n) is 0.500. The Labute approximate surface area is 81.4 Å². The van der Waals surface area contributed by atoms with Crippen molar-refractivity contribution in [2.24, 2.45) is 0 Å². The van der Waals surface area contributed by atoms with E-state index in [4.69, 9.17) is 0 Å². The van der Waals surface area contributed by atoms with Crippen LogP contribution in [0.25, 0.3) is 0 Å². The third-order valence-corrected chi connectivity index (χ3v) is 0.500. The molecule has 0 atom stereocenters. The Morgan fingerprint density at radius 3 is 0.667 bits per heavy atom. The van der Waals surface area contributed by atoms with E-state index in [0.717, 1.165) is 0 Å². The van der Waals surface area contributed by atoms with Crippen LogP contribution in [0.3, 0.4) is 0 Å².